The van der Waals surface area contributed by atoms with E-state index in [0.717, 1.165) is 69.9 Å². The highest BCUT2D eigenvalue weighted by Gasteiger charge is 2.32. The van der Waals surface area contributed by atoms with Gasteiger partial charge in [0.2, 0.25) is 0 Å². The van der Waals surface area contributed by atoms with Crippen LogP contribution in [-0.4, -0.2) is 241 Å². The van der Waals surface area contributed by atoms with Crippen LogP contribution in [0.2, 0.25) is 0 Å². The number of aromatic amines is 1. The van der Waals surface area contributed by atoms with Crippen molar-refractivity contribution < 1.29 is 154 Å². The average Bonchev–Trinajstić information content (AvgIpc) is 1.65. The Morgan fingerprint density at radius 3 is 1.06 bits per heavy atom. The van der Waals surface area contributed by atoms with Crippen LogP contribution < -0.4 is 20.4 Å². The molecule has 0 unspecified atom stereocenters. The number of ether oxygens (including phenoxy) is 9. The number of fused-ring (bicyclic) bond motifs is 2. The number of carboxylic acids is 1. The van der Waals surface area contributed by atoms with Crippen molar-refractivity contribution in [2.75, 3.05) is 74.2 Å². The number of rotatable bonds is 22. The predicted octanol–water partition coefficient (Wildman–Crippen LogP) is 9.59. The number of hydrogen-bond donors (Lipinski definition) is 5. The fourth-order valence-corrected chi connectivity index (χ4v) is 11.1. The molecule has 0 radical (unpaired) electrons. The van der Waals surface area contributed by atoms with E-state index < -0.39 is 46.5 Å². The molecule has 768 valence electrons. The number of nitrogens with one attached hydrogen (secondary N) is 3. The number of carboxylic acid groups (broad SMARTS) is 1. The molecule has 0 saturated heterocycles. The summed E-state index contributed by atoms with van der Waals surface area (Å²) in [6.07, 6.45) is 1.81. The summed E-state index contributed by atoms with van der Waals surface area (Å²) in [4.78, 5) is 197. The molecule has 2 aliphatic rings. The number of amides is 4. The van der Waals surface area contributed by atoms with Gasteiger partial charge in [0, 0.05) is 30.0 Å². The number of aromatic carboxylic acids is 1. The van der Waals surface area contributed by atoms with Crippen molar-refractivity contribution in [1.29, 1.82) is 0 Å². The number of esters is 2. The van der Waals surface area contributed by atoms with Crippen LogP contribution in [0.4, 0.5) is 42.4 Å². The van der Waals surface area contributed by atoms with Gasteiger partial charge in [0.1, 0.15) is 57.1 Å². The van der Waals surface area contributed by atoms with Gasteiger partial charge in [-0.3, -0.25) is 34.9 Å². The van der Waals surface area contributed by atoms with Crippen LogP contribution in [0.25, 0.3) is 0 Å². The van der Waals surface area contributed by atoms with Gasteiger partial charge in [-0.2, -0.15) is 103 Å². The van der Waals surface area contributed by atoms with Gasteiger partial charge in [0.25, 0.3) is 0 Å². The normalized spacial score (nSPS) is 10.5. The molecule has 5 N–H and O–H groups in total. The van der Waals surface area contributed by atoms with Crippen LogP contribution in [0.15, 0.2) is 140 Å². The van der Waals surface area contributed by atoms with E-state index in [0.29, 0.717) is 108 Å². The first-order valence-corrected chi connectivity index (χ1v) is 42.1. The van der Waals surface area contributed by atoms with Crippen molar-refractivity contribution in [1.82, 2.24) is 68.9 Å². The van der Waals surface area contributed by atoms with Crippen molar-refractivity contribution in [3.63, 3.8) is 0 Å². The van der Waals surface area contributed by atoms with Crippen LogP contribution in [-0.2, 0) is 169 Å². The Balaban J connectivity index is 0. The van der Waals surface area contributed by atoms with Gasteiger partial charge in [-0.25, -0.2) is 52.3 Å². The minimum absolute atomic E-state index is 0.0376. The zero-order chi connectivity index (χ0) is 108. The van der Waals surface area contributed by atoms with Gasteiger partial charge in [-0.1, -0.05) is 91.0 Å². The molecule has 0 aliphatic carbocycles. The number of methoxy groups -OCH3 is 2. The number of benzene rings is 3. The molecule has 142 heavy (non-hydrogen) atoms. The van der Waals surface area contributed by atoms with Crippen molar-refractivity contribution in [3.05, 3.63) is 208 Å². The van der Waals surface area contributed by atoms with E-state index in [-0.39, 0.29) is 73.5 Å². The lowest BCUT2D eigenvalue weighted by Crippen LogP contribution is -2.35. The minimum Gasteiger partial charge on any atom is -0.477 e. The molecular weight excluding hydrogens is 1870 g/mol. The summed E-state index contributed by atoms with van der Waals surface area (Å²) >= 11 is 0. The SMILES string of the molecule is CC(C)(C)OC(=O)N1CCn2nccc21.COC(=O)c1cc(C)[nH]n1.COC(=O)c1cc(C)nn1CCOCc1ccccc1.Cc1cc(C(=O)O)n(CCOCc2ccccc2)n1.Cc1cc(NC(=O)OC(C)(C)C)n(CCO)n1.Cc1cc(NC(=O)OC(C)(C)C)n(CCOCc2ccccc2)n1.Cc1cc2n(n1)CCN2C(=O)OC(C)(C)C.O=C=O.O=C=O.O=C=O.O=C=O.O=C=O.O=C=O.O=C=O. The molecule has 0 fully saturated rings. The summed E-state index contributed by atoms with van der Waals surface area (Å²) in [7, 11) is 2.69. The monoisotopic (exact) mass is 1990 g/mol. The number of anilines is 4. The van der Waals surface area contributed by atoms with Crippen molar-refractivity contribution in [3.8, 4) is 0 Å². The predicted molar refractivity (Wildman–Crippen MR) is 487 cm³/mol. The summed E-state index contributed by atoms with van der Waals surface area (Å²) in [5, 5.41) is 54.8. The molecule has 10 aromatic rings. The van der Waals surface area contributed by atoms with Gasteiger partial charge in [-0.15, -0.1) is 0 Å². The van der Waals surface area contributed by atoms with Crippen LogP contribution >= 0.6 is 0 Å². The standard InChI is InChI=1S/C18H25N3O3.C15H18N2O3.C14H16N2O3.C11H19N3O3.C11H17N3O2.C10H15N3O2.C6H8N2O2.7CO2/c1-14-12-16(19-17(22)24-18(2,3)4)21(20-14)10-11-23-13-15-8-6-5-7-9-15;1-12-10-14(15(18)19-2)17(16-12)8-9-20-11-13-6-4-3-5-7-13;1-11-9-13(14(17)18)16(15-11)7-8-19-10-12-5-3-2-4-6-12;1-8-7-9(14(13-8)5-6-15)12-10(16)17-11(2,3)4;1-8-7-9-13(5-6-14(9)12-8)10(15)16-11(2,3)4;1-10(2,3)15-9(14)12-6-7-13-8(12)4-5-11-13;1-4-3-5(8-7-4)6(9)10-2;7*2-1-3/h5-9,12H,10-11,13H2,1-4H3,(H,19,22);3-7,10H,8-9,11H2,1-2H3;2-6,9H,7-8,10H2,1H3,(H,17,18);7,15H,5-6H2,1-4H3,(H,12,16);7H,5-6H2,1-4H3;4-5H,6-7H2,1-3H3;3H,1-2H3,(H,7,8);;;;;;;. The van der Waals surface area contributed by atoms with E-state index >= 15 is 0 Å². The Hall–Kier alpha value is -16.9. The number of aliphatic hydroxyl groups excluding tert-OH is 1. The van der Waals surface area contributed by atoms with Gasteiger partial charge < -0.3 is 52.8 Å². The highest BCUT2D eigenvalue weighted by molar-refractivity contribution is 5.90. The van der Waals surface area contributed by atoms with Crippen LogP contribution in [0.5, 0.6) is 0 Å². The summed E-state index contributed by atoms with van der Waals surface area (Å²) in [6, 6.07) is 41.9. The van der Waals surface area contributed by atoms with Crippen molar-refractivity contribution >= 4 is 109 Å². The summed E-state index contributed by atoms with van der Waals surface area (Å²) in [6.45, 7) is 40.6. The summed E-state index contributed by atoms with van der Waals surface area (Å²) < 4.78 is 56.9. The molecule has 50 nitrogen and oxygen atoms in total. The number of H-pyrrole nitrogens is 1. The maximum absolute atomic E-state index is 11.9. The summed E-state index contributed by atoms with van der Waals surface area (Å²) in [5.74, 6) is 0.994. The fourth-order valence-electron chi connectivity index (χ4n) is 11.1. The number of carbonyl (C=O) groups is 7. The first-order valence-electron chi connectivity index (χ1n) is 42.1. The molecule has 0 bridgehead atoms. The Morgan fingerprint density at radius 1 is 0.387 bits per heavy atom. The quantitative estimate of drug-likeness (QED) is 0.0239. The lowest BCUT2D eigenvalue weighted by Gasteiger charge is -2.23. The van der Waals surface area contributed by atoms with Gasteiger partial charge >= 0.3 is 85.3 Å². The fraction of sp³-hybridized carbons (Fsp3) is 0.424. The van der Waals surface area contributed by atoms with E-state index in [1.54, 1.807) is 88.1 Å². The van der Waals surface area contributed by atoms with E-state index in [2.05, 4.69) is 56.2 Å². The molecule has 50 heteroatoms. The van der Waals surface area contributed by atoms with Gasteiger partial charge in [0.05, 0.1) is 147 Å². The first-order chi connectivity index (χ1) is 67.0. The smallest absolute Gasteiger partial charge is 0.416 e. The largest absolute Gasteiger partial charge is 0.477 e. The third kappa shape index (κ3) is 56.6. The number of aliphatic hydroxyl groups is 1. The summed E-state index contributed by atoms with van der Waals surface area (Å²) in [5.41, 5.74) is 7.16. The number of hydrogen-bond acceptors (Lipinski definition) is 38. The second-order valence-electron chi connectivity index (χ2n) is 32.0. The molecule has 4 amide bonds. The third-order valence-corrected chi connectivity index (χ3v) is 16.0. The van der Waals surface area contributed by atoms with Crippen LogP contribution in [0, 0.1) is 41.5 Å². The second kappa shape index (κ2) is 69.9. The molecule has 9 heterocycles. The molecule has 12 rings (SSSR count). The second-order valence-corrected chi connectivity index (χ2v) is 32.0. The van der Waals surface area contributed by atoms with E-state index in [4.69, 9.17) is 115 Å². The lowest BCUT2D eigenvalue weighted by atomic mass is 10.2. The first kappa shape index (κ1) is 127. The van der Waals surface area contributed by atoms with Gasteiger partial charge in [-0.05, 0) is 160 Å². The van der Waals surface area contributed by atoms with E-state index in [1.165, 1.54) is 23.6 Å². The number of nitrogens with zero attached hydrogens (tertiary/aromatic N) is 15. The van der Waals surface area contributed by atoms with Crippen LogP contribution in [0.3, 0.4) is 0 Å². The van der Waals surface area contributed by atoms with Crippen molar-refractivity contribution in [2.45, 2.75) is 206 Å². The molecule has 7 aromatic heterocycles. The highest BCUT2D eigenvalue weighted by Crippen LogP contribution is 2.26. The highest BCUT2D eigenvalue weighted by atomic mass is 16.6. The number of aryl methyl sites for hydroxylation is 6. The average molecular weight is 1990 g/mol. The number of carbonyl (C=O) groups excluding carboxylic acids is 20. The Labute approximate surface area is 815 Å². The Morgan fingerprint density at radius 2 is 0.711 bits per heavy atom. The molecule has 2 aliphatic heterocycles. The Kier molecular flexibility index (Phi) is 62.6. The zero-order valence-electron chi connectivity index (χ0n) is 82.2. The molecular formula is C92H118N18O32. The van der Waals surface area contributed by atoms with Gasteiger partial charge in [0.15, 0.2) is 5.69 Å². The lowest BCUT2D eigenvalue weighted by molar-refractivity contribution is -0.193. The Bertz CT molecular complexity index is 5550. The van der Waals surface area contributed by atoms with Crippen LogP contribution in [0.1, 0.15) is 165 Å². The van der Waals surface area contributed by atoms with E-state index in [1.807, 2.05) is 205 Å². The maximum Gasteiger partial charge on any atom is 0.416 e. The molecule has 3 aromatic carbocycles. The number of aromatic nitrogens is 14. The molecule has 0 spiro atoms. The van der Waals surface area contributed by atoms with E-state index in [9.17, 15) is 33.6 Å². The maximum atomic E-state index is 11.9. The minimum atomic E-state index is -0.969. The molecule has 0 saturated carbocycles. The van der Waals surface area contributed by atoms with Crippen molar-refractivity contribution in [2.24, 2.45) is 0 Å². The molecule has 0 atom stereocenters. The zero-order valence-corrected chi connectivity index (χ0v) is 82.2. The topological polar surface area (TPSA) is 648 Å². The third-order valence-electron chi connectivity index (χ3n) is 16.0.